The maximum Gasteiger partial charge on any atom is 0.189 e. The van der Waals surface area contributed by atoms with Gasteiger partial charge in [-0.2, -0.15) is 0 Å². The molecule has 0 fully saturated rings. The monoisotopic (exact) mass is 366 g/mol. The van der Waals surface area contributed by atoms with E-state index >= 15 is 0 Å². The van der Waals surface area contributed by atoms with Gasteiger partial charge in [-0.05, 0) is 59.0 Å². The minimum Gasteiger partial charge on any atom is -0.507 e. The lowest BCUT2D eigenvalue weighted by Gasteiger charge is -2.01. The molecule has 0 heterocycles. The molecule has 0 saturated heterocycles. The Morgan fingerprint density at radius 2 is 1.79 bits per heavy atom. The van der Waals surface area contributed by atoms with Crippen LogP contribution in [0.15, 0.2) is 48.5 Å². The Bertz CT molecular complexity index is 648. The summed E-state index contributed by atoms with van der Waals surface area (Å²) in [5, 5.41) is 19.2. The number of para-hydroxylation sites is 1. The van der Waals surface area contributed by atoms with E-state index in [2.05, 4.69) is 22.6 Å². The van der Waals surface area contributed by atoms with Crippen LogP contribution in [0, 0.1) is 3.57 Å². The van der Waals surface area contributed by atoms with Crippen molar-refractivity contribution < 1.29 is 15.0 Å². The first-order valence-corrected chi connectivity index (χ1v) is 6.65. The van der Waals surface area contributed by atoms with Gasteiger partial charge in [0.2, 0.25) is 0 Å². The number of carbonyl (C=O) groups is 1. The van der Waals surface area contributed by atoms with Crippen molar-refractivity contribution in [2.45, 2.75) is 0 Å². The minimum absolute atomic E-state index is 0.0488. The zero-order chi connectivity index (χ0) is 13.8. The van der Waals surface area contributed by atoms with Gasteiger partial charge < -0.3 is 10.2 Å². The van der Waals surface area contributed by atoms with E-state index in [-0.39, 0.29) is 22.8 Å². The fourth-order valence-electron chi connectivity index (χ4n) is 1.59. The summed E-state index contributed by atoms with van der Waals surface area (Å²) in [6.45, 7) is 0. The topological polar surface area (TPSA) is 57.5 Å². The summed E-state index contributed by atoms with van der Waals surface area (Å²) in [5.74, 6) is -0.245. The Morgan fingerprint density at radius 3 is 2.53 bits per heavy atom. The highest BCUT2D eigenvalue weighted by Gasteiger charge is 2.08. The third-order valence-corrected chi connectivity index (χ3v) is 3.25. The Hall–Kier alpha value is -1.82. The van der Waals surface area contributed by atoms with Gasteiger partial charge in [-0.25, -0.2) is 0 Å². The Morgan fingerprint density at radius 1 is 1.05 bits per heavy atom. The van der Waals surface area contributed by atoms with Gasteiger partial charge in [0.25, 0.3) is 0 Å². The van der Waals surface area contributed by atoms with Gasteiger partial charge in [0.1, 0.15) is 11.5 Å². The highest BCUT2D eigenvalue weighted by molar-refractivity contribution is 14.1. The van der Waals surface area contributed by atoms with Crippen LogP contribution in [0.2, 0.25) is 0 Å². The molecule has 2 rings (SSSR count). The molecule has 2 N–H and O–H groups in total. The zero-order valence-electron chi connectivity index (χ0n) is 9.88. The Labute approximate surface area is 124 Å². The van der Waals surface area contributed by atoms with Crippen LogP contribution in [-0.4, -0.2) is 16.0 Å². The standard InChI is InChI=1S/C15H11IO3/c16-11-6-8-15(19)12(9-11)14(18)7-5-10-3-1-2-4-13(10)17/h1-9,17,19H/b7-5+. The molecule has 0 aliphatic rings. The molecule has 0 spiro atoms. The molecule has 19 heavy (non-hydrogen) atoms. The van der Waals surface area contributed by atoms with Crippen molar-refractivity contribution >= 4 is 34.5 Å². The first-order chi connectivity index (χ1) is 9.08. The number of rotatable bonds is 3. The number of phenols is 2. The lowest BCUT2D eigenvalue weighted by molar-refractivity contribution is 0.104. The second kappa shape index (κ2) is 5.88. The summed E-state index contributed by atoms with van der Waals surface area (Å²) in [6.07, 6.45) is 2.86. The van der Waals surface area contributed by atoms with Gasteiger partial charge in [0.15, 0.2) is 5.78 Å². The van der Waals surface area contributed by atoms with Crippen molar-refractivity contribution in [2.24, 2.45) is 0 Å². The van der Waals surface area contributed by atoms with Crippen LogP contribution < -0.4 is 0 Å². The molecule has 0 atom stereocenters. The molecule has 0 bridgehead atoms. The van der Waals surface area contributed by atoms with Crippen molar-refractivity contribution in [3.63, 3.8) is 0 Å². The van der Waals surface area contributed by atoms with Gasteiger partial charge in [0, 0.05) is 9.13 Å². The quantitative estimate of drug-likeness (QED) is 0.496. The smallest absolute Gasteiger partial charge is 0.189 e. The van der Waals surface area contributed by atoms with Crippen LogP contribution >= 0.6 is 22.6 Å². The third-order valence-electron chi connectivity index (χ3n) is 2.58. The van der Waals surface area contributed by atoms with E-state index in [4.69, 9.17) is 0 Å². The van der Waals surface area contributed by atoms with Crippen molar-refractivity contribution in [1.29, 1.82) is 0 Å². The van der Waals surface area contributed by atoms with E-state index in [1.165, 1.54) is 18.2 Å². The minimum atomic E-state index is -0.306. The summed E-state index contributed by atoms with van der Waals surface area (Å²) in [7, 11) is 0. The summed E-state index contributed by atoms with van der Waals surface area (Å²) in [5.41, 5.74) is 0.805. The van der Waals surface area contributed by atoms with Gasteiger partial charge in [-0.1, -0.05) is 18.2 Å². The lowest BCUT2D eigenvalue weighted by Crippen LogP contribution is -1.95. The van der Waals surface area contributed by atoms with Crippen LogP contribution in [0.1, 0.15) is 15.9 Å². The van der Waals surface area contributed by atoms with Crippen molar-refractivity contribution in [1.82, 2.24) is 0 Å². The van der Waals surface area contributed by atoms with Crippen LogP contribution in [-0.2, 0) is 0 Å². The number of allylic oxidation sites excluding steroid dienone is 1. The molecule has 96 valence electrons. The number of halogens is 1. The maximum absolute atomic E-state index is 12.0. The molecule has 0 amide bonds. The first-order valence-electron chi connectivity index (χ1n) is 5.57. The molecular formula is C15H11IO3. The van der Waals surface area contributed by atoms with Gasteiger partial charge >= 0.3 is 0 Å². The van der Waals surface area contributed by atoms with E-state index in [1.54, 1.807) is 36.4 Å². The summed E-state index contributed by atoms with van der Waals surface area (Å²) >= 11 is 2.07. The van der Waals surface area contributed by atoms with E-state index < -0.39 is 0 Å². The fourth-order valence-corrected chi connectivity index (χ4v) is 2.08. The number of hydrogen-bond acceptors (Lipinski definition) is 3. The molecule has 0 aromatic heterocycles. The van der Waals surface area contributed by atoms with Crippen molar-refractivity contribution in [2.75, 3.05) is 0 Å². The maximum atomic E-state index is 12.0. The second-order valence-electron chi connectivity index (χ2n) is 3.92. The second-order valence-corrected chi connectivity index (χ2v) is 5.16. The summed E-state index contributed by atoms with van der Waals surface area (Å²) in [4.78, 5) is 12.0. The van der Waals surface area contributed by atoms with Crippen molar-refractivity contribution in [3.05, 3.63) is 63.2 Å². The molecular weight excluding hydrogens is 355 g/mol. The molecule has 0 aliphatic heterocycles. The number of hydrogen-bond donors (Lipinski definition) is 2. The normalized spacial score (nSPS) is 10.8. The zero-order valence-corrected chi connectivity index (χ0v) is 12.0. The van der Waals surface area contributed by atoms with E-state index in [0.29, 0.717) is 5.56 Å². The van der Waals surface area contributed by atoms with Crippen LogP contribution in [0.5, 0.6) is 11.5 Å². The summed E-state index contributed by atoms with van der Waals surface area (Å²) < 4.78 is 0.870. The lowest BCUT2D eigenvalue weighted by atomic mass is 10.1. The van der Waals surface area contributed by atoms with Gasteiger partial charge in [0.05, 0.1) is 5.56 Å². The molecule has 0 radical (unpaired) electrons. The number of carbonyl (C=O) groups excluding carboxylic acids is 1. The highest BCUT2D eigenvalue weighted by atomic mass is 127. The number of phenolic OH excluding ortho intramolecular Hbond substituents is 2. The molecule has 0 unspecified atom stereocenters. The predicted octanol–water partition coefficient (Wildman–Crippen LogP) is 3.60. The van der Waals surface area contributed by atoms with Gasteiger partial charge in [-0.15, -0.1) is 0 Å². The van der Waals surface area contributed by atoms with Crippen LogP contribution in [0.25, 0.3) is 6.08 Å². The average molecular weight is 366 g/mol. The number of aromatic hydroxyl groups is 2. The molecule has 4 heteroatoms. The summed E-state index contributed by atoms with van der Waals surface area (Å²) in [6, 6.07) is 11.6. The Kier molecular flexibility index (Phi) is 4.21. The molecule has 3 nitrogen and oxygen atoms in total. The molecule has 2 aromatic rings. The number of benzene rings is 2. The predicted molar refractivity (Wildman–Crippen MR) is 82.3 cm³/mol. The van der Waals surface area contributed by atoms with Gasteiger partial charge in [-0.3, -0.25) is 4.79 Å². The van der Waals surface area contributed by atoms with E-state index in [9.17, 15) is 15.0 Å². The average Bonchev–Trinajstić information content (AvgIpc) is 2.40. The highest BCUT2D eigenvalue weighted by Crippen LogP contribution is 2.22. The third kappa shape index (κ3) is 3.35. The van der Waals surface area contributed by atoms with E-state index in [1.807, 2.05) is 0 Å². The fraction of sp³-hybridized carbons (Fsp3) is 0. The largest absolute Gasteiger partial charge is 0.507 e. The van der Waals surface area contributed by atoms with E-state index in [0.717, 1.165) is 3.57 Å². The number of ketones is 1. The van der Waals surface area contributed by atoms with Crippen LogP contribution in [0.3, 0.4) is 0 Å². The Balaban J connectivity index is 2.26. The molecule has 0 aliphatic carbocycles. The first kappa shape index (κ1) is 13.6. The van der Waals surface area contributed by atoms with Crippen molar-refractivity contribution in [3.8, 4) is 11.5 Å². The van der Waals surface area contributed by atoms with Crippen LogP contribution in [0.4, 0.5) is 0 Å². The molecule has 2 aromatic carbocycles. The molecule has 0 saturated carbocycles. The SMILES string of the molecule is O=C(/C=C/c1ccccc1O)c1cc(I)ccc1O.